The Kier molecular flexibility index (Phi) is 6.73. The zero-order valence-electron chi connectivity index (χ0n) is 17.4. The SMILES string of the molecule is Cc1ccc(S(=O)(=O)N(C(=O)N[C@@H]2CCCC[C@H]2O)S(=O)(=O)c2ccc(C)cc2)cc1. The third-order valence-corrected chi connectivity index (χ3v) is 9.40. The fourth-order valence-corrected chi connectivity index (χ4v) is 6.89. The lowest BCUT2D eigenvalue weighted by molar-refractivity contribution is 0.0937. The van der Waals surface area contributed by atoms with Crippen LogP contribution in [0.15, 0.2) is 58.3 Å². The van der Waals surface area contributed by atoms with E-state index >= 15 is 0 Å². The van der Waals surface area contributed by atoms with Crippen molar-refractivity contribution in [2.45, 2.75) is 61.5 Å². The first-order chi connectivity index (χ1) is 14.5. The number of amides is 2. The van der Waals surface area contributed by atoms with Crippen molar-refractivity contribution in [2.75, 3.05) is 0 Å². The van der Waals surface area contributed by atoms with Crippen molar-refractivity contribution in [3.63, 3.8) is 0 Å². The van der Waals surface area contributed by atoms with Crippen molar-refractivity contribution in [3.8, 4) is 0 Å². The summed E-state index contributed by atoms with van der Waals surface area (Å²) in [6.45, 7) is 3.52. The van der Waals surface area contributed by atoms with Crippen LogP contribution in [0, 0.1) is 13.8 Å². The van der Waals surface area contributed by atoms with Gasteiger partial charge in [0.2, 0.25) is 0 Å². The predicted molar refractivity (Wildman–Crippen MR) is 115 cm³/mol. The molecule has 0 aliphatic heterocycles. The largest absolute Gasteiger partial charge is 0.391 e. The molecule has 10 heteroatoms. The van der Waals surface area contributed by atoms with Crippen LogP contribution in [0.3, 0.4) is 0 Å². The molecule has 2 amide bonds. The van der Waals surface area contributed by atoms with Gasteiger partial charge in [0.05, 0.1) is 21.9 Å². The Morgan fingerprint density at radius 1 is 0.839 bits per heavy atom. The van der Waals surface area contributed by atoms with Gasteiger partial charge in [-0.05, 0) is 51.0 Å². The molecule has 0 heterocycles. The smallest absolute Gasteiger partial charge is 0.346 e. The number of urea groups is 1. The number of carbonyl (C=O) groups excluding carboxylic acids is 1. The molecule has 2 aromatic rings. The van der Waals surface area contributed by atoms with E-state index in [9.17, 15) is 26.7 Å². The van der Waals surface area contributed by atoms with E-state index in [1.165, 1.54) is 48.5 Å². The Bertz CT molecular complexity index is 1070. The highest BCUT2D eigenvalue weighted by molar-refractivity contribution is 8.04. The maximum absolute atomic E-state index is 13.3. The molecule has 2 N–H and O–H groups in total. The number of hydrogen-bond donors (Lipinski definition) is 2. The van der Waals surface area contributed by atoms with E-state index in [1.807, 2.05) is 0 Å². The van der Waals surface area contributed by atoms with Gasteiger partial charge in [0.15, 0.2) is 0 Å². The Morgan fingerprint density at radius 2 is 1.26 bits per heavy atom. The van der Waals surface area contributed by atoms with Crippen LogP contribution in [0.4, 0.5) is 4.79 Å². The van der Waals surface area contributed by atoms with Gasteiger partial charge in [-0.3, -0.25) is 0 Å². The lowest BCUT2D eigenvalue weighted by Gasteiger charge is -2.30. The highest BCUT2D eigenvalue weighted by Crippen LogP contribution is 2.26. The Balaban J connectivity index is 2.07. The minimum atomic E-state index is -4.75. The normalized spacial score (nSPS) is 19.6. The van der Waals surface area contributed by atoms with E-state index in [-0.39, 0.29) is 13.5 Å². The Hall–Kier alpha value is -2.43. The van der Waals surface area contributed by atoms with Gasteiger partial charge in [0, 0.05) is 0 Å². The van der Waals surface area contributed by atoms with Crippen molar-refractivity contribution in [3.05, 3.63) is 59.7 Å². The van der Waals surface area contributed by atoms with Gasteiger partial charge in [-0.15, -0.1) is 3.71 Å². The van der Waals surface area contributed by atoms with Crippen molar-refractivity contribution in [1.82, 2.24) is 9.03 Å². The average Bonchev–Trinajstić information content (AvgIpc) is 2.70. The number of hydrogen-bond acceptors (Lipinski definition) is 6. The molecule has 168 valence electrons. The number of nitrogens with one attached hydrogen (secondary N) is 1. The Morgan fingerprint density at radius 3 is 1.68 bits per heavy atom. The molecule has 8 nitrogen and oxygen atoms in total. The number of aliphatic hydroxyl groups is 1. The highest BCUT2D eigenvalue weighted by Gasteiger charge is 2.42. The standard InChI is InChI=1S/C21H26N2O6S2/c1-15-7-11-17(12-8-15)30(26,27)23(21(25)22-19-5-3-4-6-20(19)24)31(28,29)18-13-9-16(2)10-14-18/h7-14,19-20,24H,3-6H2,1-2H3,(H,22,25)/t19-,20-/m1/s1. The summed E-state index contributed by atoms with van der Waals surface area (Å²) in [6, 6.07) is 9.06. The summed E-state index contributed by atoms with van der Waals surface area (Å²) in [4.78, 5) is 12.4. The quantitative estimate of drug-likeness (QED) is 0.699. The van der Waals surface area contributed by atoms with Gasteiger partial charge >= 0.3 is 6.03 Å². The number of rotatable bonds is 5. The molecule has 0 radical (unpaired) electrons. The maximum Gasteiger partial charge on any atom is 0.346 e. The first kappa shape index (κ1) is 23.2. The second-order valence-electron chi connectivity index (χ2n) is 7.74. The molecule has 0 aromatic heterocycles. The van der Waals surface area contributed by atoms with Crippen LogP contribution in [-0.4, -0.2) is 43.8 Å². The lowest BCUT2D eigenvalue weighted by Crippen LogP contribution is -2.53. The fraction of sp³-hybridized carbons (Fsp3) is 0.381. The average molecular weight is 467 g/mol. The van der Waals surface area contributed by atoms with Crippen LogP contribution in [0.2, 0.25) is 0 Å². The number of aliphatic hydroxyl groups excluding tert-OH is 1. The van der Waals surface area contributed by atoms with Crippen LogP contribution >= 0.6 is 0 Å². The van der Waals surface area contributed by atoms with Crippen molar-refractivity contribution in [1.29, 1.82) is 0 Å². The van der Waals surface area contributed by atoms with Gasteiger partial charge < -0.3 is 10.4 Å². The van der Waals surface area contributed by atoms with Crippen molar-refractivity contribution in [2.24, 2.45) is 0 Å². The summed E-state index contributed by atoms with van der Waals surface area (Å²) in [7, 11) is -9.50. The van der Waals surface area contributed by atoms with Gasteiger partial charge in [-0.25, -0.2) is 4.79 Å². The molecule has 1 aliphatic rings. The predicted octanol–water partition coefficient (Wildman–Crippen LogP) is 2.70. The molecule has 1 saturated carbocycles. The summed E-state index contributed by atoms with van der Waals surface area (Å²) >= 11 is 0. The zero-order chi connectivity index (χ0) is 22.8. The minimum Gasteiger partial charge on any atom is -0.391 e. The molecule has 1 aliphatic carbocycles. The van der Waals surface area contributed by atoms with E-state index in [1.54, 1.807) is 13.8 Å². The summed E-state index contributed by atoms with van der Waals surface area (Å²) in [5.74, 6) is 0. The topological polar surface area (TPSA) is 121 Å². The first-order valence-electron chi connectivity index (χ1n) is 9.96. The molecule has 3 rings (SSSR count). The lowest BCUT2D eigenvalue weighted by atomic mass is 9.93. The van der Waals surface area contributed by atoms with Crippen LogP contribution < -0.4 is 5.32 Å². The zero-order valence-corrected chi connectivity index (χ0v) is 19.0. The molecule has 0 bridgehead atoms. The van der Waals surface area contributed by atoms with Gasteiger partial charge in [0.25, 0.3) is 20.0 Å². The molecule has 0 spiro atoms. The minimum absolute atomic E-state index is 0.101. The van der Waals surface area contributed by atoms with Crippen LogP contribution in [0.1, 0.15) is 36.8 Å². The monoisotopic (exact) mass is 466 g/mol. The van der Waals surface area contributed by atoms with Crippen molar-refractivity contribution < 1.29 is 26.7 Å². The van der Waals surface area contributed by atoms with Gasteiger partial charge in [-0.2, -0.15) is 16.8 Å². The van der Waals surface area contributed by atoms with Crippen LogP contribution in [-0.2, 0) is 20.0 Å². The molecule has 0 unspecified atom stereocenters. The first-order valence-corrected chi connectivity index (χ1v) is 12.8. The van der Waals surface area contributed by atoms with E-state index in [0.29, 0.717) is 12.8 Å². The molecule has 2 aromatic carbocycles. The van der Waals surface area contributed by atoms with E-state index < -0.39 is 38.2 Å². The summed E-state index contributed by atoms with van der Waals surface area (Å²) in [5, 5.41) is 12.6. The number of aryl methyl sites for hydroxylation is 2. The third kappa shape index (κ3) is 4.91. The van der Waals surface area contributed by atoms with Crippen LogP contribution in [0.5, 0.6) is 0 Å². The molecule has 1 fully saturated rings. The molecule has 31 heavy (non-hydrogen) atoms. The number of sulfonamides is 2. The van der Waals surface area contributed by atoms with E-state index in [2.05, 4.69) is 5.32 Å². The molecule has 2 atom stereocenters. The number of benzene rings is 2. The highest BCUT2D eigenvalue weighted by atomic mass is 32.3. The van der Waals surface area contributed by atoms with Crippen LogP contribution in [0.25, 0.3) is 0 Å². The maximum atomic E-state index is 13.3. The van der Waals surface area contributed by atoms with Gasteiger partial charge in [0.1, 0.15) is 0 Å². The molecular weight excluding hydrogens is 440 g/mol. The van der Waals surface area contributed by atoms with E-state index in [4.69, 9.17) is 0 Å². The van der Waals surface area contributed by atoms with Crippen molar-refractivity contribution >= 4 is 26.1 Å². The van der Waals surface area contributed by atoms with E-state index in [0.717, 1.165) is 24.0 Å². The summed E-state index contributed by atoms with van der Waals surface area (Å²) < 4.78 is 53.2. The molecule has 0 saturated heterocycles. The van der Waals surface area contributed by atoms with Gasteiger partial charge in [-0.1, -0.05) is 48.2 Å². The third-order valence-electron chi connectivity index (χ3n) is 5.28. The summed E-state index contributed by atoms with van der Waals surface area (Å²) in [6.07, 6.45) is 1.51. The second kappa shape index (κ2) is 8.97. The molecular formula is C21H26N2O6S2. The number of nitrogens with zero attached hydrogens (tertiary/aromatic N) is 1. The Labute approximate surface area is 183 Å². The fourth-order valence-electron chi connectivity index (χ4n) is 3.45. The second-order valence-corrected chi connectivity index (χ2v) is 11.5. The summed E-state index contributed by atoms with van der Waals surface area (Å²) in [5.41, 5.74) is 1.56. The number of carbonyl (C=O) groups is 1.